The molecule has 6 nitrogen and oxygen atoms in total. The topological polar surface area (TPSA) is 59.4 Å². The van der Waals surface area contributed by atoms with E-state index in [1.165, 1.54) is 17.3 Å². The number of rotatable bonds is 6. The molecule has 3 rings (SSSR count). The van der Waals surface area contributed by atoms with Gasteiger partial charge in [-0.15, -0.1) is 0 Å². The molecular weight excluding hydrogens is 340 g/mol. The van der Waals surface area contributed by atoms with Gasteiger partial charge in [-0.3, -0.25) is 9.48 Å². The molecule has 0 radical (unpaired) electrons. The van der Waals surface area contributed by atoms with Crippen LogP contribution < -0.4 is 5.32 Å². The fourth-order valence-corrected chi connectivity index (χ4v) is 3.44. The first-order valence-electron chi connectivity index (χ1n) is 8.73. The van der Waals surface area contributed by atoms with Crippen molar-refractivity contribution in [1.82, 2.24) is 19.5 Å². The monoisotopic (exact) mass is 364 g/mol. The zero-order chi connectivity index (χ0) is 17.8. The van der Waals surface area contributed by atoms with Gasteiger partial charge >= 0.3 is 0 Å². The van der Waals surface area contributed by atoms with Gasteiger partial charge in [0.05, 0.1) is 18.7 Å². The first-order chi connectivity index (χ1) is 12.1. The van der Waals surface area contributed by atoms with E-state index < -0.39 is 0 Å². The van der Waals surface area contributed by atoms with Crippen molar-refractivity contribution in [2.24, 2.45) is 5.92 Å². The summed E-state index contributed by atoms with van der Waals surface area (Å²) in [5.41, 5.74) is 2.41. The van der Waals surface area contributed by atoms with Crippen molar-refractivity contribution in [2.75, 3.05) is 33.4 Å². The Kier molecular flexibility index (Phi) is 5.93. The second-order valence-electron chi connectivity index (χ2n) is 6.65. The van der Waals surface area contributed by atoms with Crippen LogP contribution >= 0.6 is 11.8 Å². The lowest BCUT2D eigenvalue weighted by molar-refractivity contribution is 0.0828. The van der Waals surface area contributed by atoms with Gasteiger partial charge in [0, 0.05) is 42.6 Å². The van der Waals surface area contributed by atoms with Gasteiger partial charge in [-0.2, -0.15) is 5.10 Å². The van der Waals surface area contributed by atoms with Crippen LogP contribution in [0.2, 0.25) is 0 Å². The van der Waals surface area contributed by atoms with E-state index in [2.05, 4.69) is 10.4 Å². The van der Waals surface area contributed by atoms with E-state index >= 15 is 0 Å². The smallest absolute Gasteiger partial charge is 0.268 e. The lowest BCUT2D eigenvalue weighted by atomic mass is 9.98. The number of ether oxygens (including phenoxy) is 1. The summed E-state index contributed by atoms with van der Waals surface area (Å²) in [5, 5.41) is 9.04. The number of amides is 1. The van der Waals surface area contributed by atoms with Crippen molar-refractivity contribution in [3.8, 4) is 0 Å². The van der Waals surface area contributed by atoms with Crippen molar-refractivity contribution >= 4 is 28.6 Å². The molecule has 0 atom stereocenters. The van der Waals surface area contributed by atoms with Crippen molar-refractivity contribution in [1.29, 1.82) is 0 Å². The minimum atomic E-state index is -0.204. The Labute approximate surface area is 153 Å². The van der Waals surface area contributed by atoms with Crippen LogP contribution in [0.3, 0.4) is 0 Å². The van der Waals surface area contributed by atoms with Crippen molar-refractivity contribution < 1.29 is 9.53 Å². The summed E-state index contributed by atoms with van der Waals surface area (Å²) in [6.07, 6.45) is 4.39. The van der Waals surface area contributed by atoms with Gasteiger partial charge in [0.25, 0.3) is 5.91 Å². The largest absolute Gasteiger partial charge is 0.383 e. The third-order valence-electron chi connectivity index (χ3n) is 4.74. The number of piperidine rings is 1. The predicted molar refractivity (Wildman–Crippen MR) is 98.8 cm³/mol. The van der Waals surface area contributed by atoms with Gasteiger partial charge in [0.15, 0.2) is 0 Å². The van der Waals surface area contributed by atoms with Crippen LogP contribution in [0.25, 0.3) is 10.9 Å². The minimum Gasteiger partial charge on any atom is -0.383 e. The third kappa shape index (κ3) is 4.32. The summed E-state index contributed by atoms with van der Waals surface area (Å²) in [6.45, 7) is 5.76. The maximum atomic E-state index is 12.5. The highest BCUT2D eigenvalue weighted by Gasteiger charge is 2.18. The number of carbonyl (C=O) groups excluding carboxylic acids is 1. The molecule has 2 heterocycles. The molecule has 1 amide bonds. The number of nitrogens with zero attached hydrogens (tertiary/aromatic N) is 3. The molecule has 0 spiro atoms. The summed E-state index contributed by atoms with van der Waals surface area (Å²) in [4.78, 5) is 12.5. The molecule has 1 aliphatic heterocycles. The SMILES string of the molecule is COCCN(Cl)C(=O)c1cc2cn(CC3CCNCC3)nc2cc1C. The Bertz CT molecular complexity index is 740. The molecule has 25 heavy (non-hydrogen) atoms. The van der Waals surface area contributed by atoms with E-state index in [1.807, 2.05) is 29.9 Å². The summed E-state index contributed by atoms with van der Waals surface area (Å²) < 4.78 is 8.17. The highest BCUT2D eigenvalue weighted by Crippen LogP contribution is 2.22. The molecule has 0 aliphatic carbocycles. The van der Waals surface area contributed by atoms with Gasteiger partial charge in [0.1, 0.15) is 0 Å². The highest BCUT2D eigenvalue weighted by molar-refractivity contribution is 6.24. The molecule has 0 saturated carbocycles. The molecular formula is C18H25ClN4O2. The van der Waals surface area contributed by atoms with Crippen molar-refractivity contribution in [2.45, 2.75) is 26.3 Å². The molecule has 7 heteroatoms. The Morgan fingerprint density at radius 1 is 1.44 bits per heavy atom. The molecule has 2 aromatic rings. The second kappa shape index (κ2) is 8.17. The first kappa shape index (κ1) is 18.2. The number of fused-ring (bicyclic) bond motifs is 1. The number of hydrogen-bond acceptors (Lipinski definition) is 4. The summed E-state index contributed by atoms with van der Waals surface area (Å²) >= 11 is 6.08. The number of aryl methyl sites for hydroxylation is 1. The average Bonchev–Trinajstić information content (AvgIpc) is 3.00. The standard InChI is InChI=1S/C18H25ClN4O2/c1-13-9-17-15(10-16(13)18(24)23(19)7-8-25-2)12-22(21-17)11-14-3-5-20-6-4-14/h9-10,12,14,20H,3-8,11H2,1-2H3. The second-order valence-corrected chi connectivity index (χ2v) is 7.06. The molecule has 1 N–H and O–H groups in total. The maximum Gasteiger partial charge on any atom is 0.268 e. The predicted octanol–water partition coefficient (Wildman–Crippen LogP) is 2.59. The van der Waals surface area contributed by atoms with E-state index in [1.54, 1.807) is 7.11 Å². The maximum absolute atomic E-state index is 12.5. The molecule has 136 valence electrons. The van der Waals surface area contributed by atoms with E-state index in [0.29, 0.717) is 24.6 Å². The molecule has 1 aromatic carbocycles. The van der Waals surface area contributed by atoms with E-state index in [-0.39, 0.29) is 5.91 Å². The van der Waals surface area contributed by atoms with Crippen molar-refractivity contribution in [3.63, 3.8) is 0 Å². The number of methoxy groups -OCH3 is 1. The van der Waals surface area contributed by atoms with Crippen LogP contribution in [0.1, 0.15) is 28.8 Å². The number of aromatic nitrogens is 2. The van der Waals surface area contributed by atoms with Crippen LogP contribution in [-0.4, -0.2) is 53.5 Å². The molecule has 0 unspecified atom stereocenters. The van der Waals surface area contributed by atoms with Gasteiger partial charge < -0.3 is 10.1 Å². The van der Waals surface area contributed by atoms with Gasteiger partial charge in [-0.05, 0) is 56.5 Å². The zero-order valence-corrected chi connectivity index (χ0v) is 15.6. The summed E-state index contributed by atoms with van der Waals surface area (Å²) in [7, 11) is 1.59. The minimum absolute atomic E-state index is 0.204. The Morgan fingerprint density at radius 3 is 2.92 bits per heavy atom. The summed E-state index contributed by atoms with van der Waals surface area (Å²) in [6, 6.07) is 3.85. The molecule has 1 aromatic heterocycles. The molecule has 1 aliphatic rings. The van der Waals surface area contributed by atoms with Gasteiger partial charge in [-0.1, -0.05) is 0 Å². The van der Waals surface area contributed by atoms with Gasteiger partial charge in [0.2, 0.25) is 0 Å². The first-order valence-corrected chi connectivity index (χ1v) is 9.07. The van der Waals surface area contributed by atoms with Crippen LogP contribution in [-0.2, 0) is 11.3 Å². The summed E-state index contributed by atoms with van der Waals surface area (Å²) in [5.74, 6) is 0.453. The highest BCUT2D eigenvalue weighted by atomic mass is 35.5. The number of benzene rings is 1. The average molecular weight is 365 g/mol. The fraction of sp³-hybridized carbons (Fsp3) is 0.556. The van der Waals surface area contributed by atoms with Crippen LogP contribution in [0.4, 0.5) is 0 Å². The zero-order valence-electron chi connectivity index (χ0n) is 14.8. The molecule has 0 bridgehead atoms. The van der Waals surface area contributed by atoms with E-state index in [0.717, 1.165) is 36.1 Å². The van der Waals surface area contributed by atoms with E-state index in [9.17, 15) is 4.79 Å². The Balaban J connectivity index is 1.79. The third-order valence-corrected chi connectivity index (χ3v) is 5.07. The normalized spacial score (nSPS) is 15.6. The van der Waals surface area contributed by atoms with Crippen LogP contribution in [0, 0.1) is 12.8 Å². The fourth-order valence-electron chi connectivity index (χ4n) is 3.28. The lowest BCUT2D eigenvalue weighted by Crippen LogP contribution is -2.29. The number of nitrogens with one attached hydrogen (secondary N) is 1. The lowest BCUT2D eigenvalue weighted by Gasteiger charge is -2.22. The number of hydrogen-bond donors (Lipinski definition) is 1. The quantitative estimate of drug-likeness (QED) is 0.800. The van der Waals surface area contributed by atoms with Crippen LogP contribution in [0.15, 0.2) is 18.3 Å². The Hall–Kier alpha value is -1.63. The molecule has 1 saturated heterocycles. The van der Waals surface area contributed by atoms with Gasteiger partial charge in [-0.25, -0.2) is 4.42 Å². The van der Waals surface area contributed by atoms with Crippen LogP contribution in [0.5, 0.6) is 0 Å². The van der Waals surface area contributed by atoms with E-state index in [4.69, 9.17) is 16.5 Å². The number of carbonyl (C=O) groups is 1. The number of halogens is 1. The Morgan fingerprint density at radius 2 is 2.20 bits per heavy atom. The van der Waals surface area contributed by atoms with Crippen molar-refractivity contribution in [3.05, 3.63) is 29.5 Å². The molecule has 1 fully saturated rings.